The summed E-state index contributed by atoms with van der Waals surface area (Å²) in [5.74, 6) is 0.597. The lowest BCUT2D eigenvalue weighted by Gasteiger charge is -2.33. The highest BCUT2D eigenvalue weighted by molar-refractivity contribution is 9.10. The average Bonchev–Trinajstić information content (AvgIpc) is 2.65. The maximum Gasteiger partial charge on any atom is 0.408 e. The molecule has 1 amide bonds. The molecule has 1 N–H and O–H groups in total. The van der Waals surface area contributed by atoms with Crippen molar-refractivity contribution in [3.05, 3.63) is 46.7 Å². The average molecular weight is 492 g/mol. The normalized spacial score (nSPS) is 13.9. The van der Waals surface area contributed by atoms with E-state index >= 15 is 0 Å². The van der Waals surface area contributed by atoms with Crippen LogP contribution in [-0.4, -0.2) is 45.7 Å². The fraction of sp³-hybridized carbons (Fsp3) is 0.478. The number of amides is 1. The van der Waals surface area contributed by atoms with E-state index in [0.29, 0.717) is 12.1 Å². The smallest absolute Gasteiger partial charge is 0.408 e. The molecule has 0 saturated carbocycles. The highest BCUT2D eigenvalue weighted by atomic mass is 79.9. The van der Waals surface area contributed by atoms with Gasteiger partial charge in [0.05, 0.1) is 16.7 Å². The molecule has 168 valence electrons. The first-order chi connectivity index (χ1) is 14.3. The van der Waals surface area contributed by atoms with Crippen LogP contribution in [0.25, 0.3) is 11.4 Å². The van der Waals surface area contributed by atoms with Crippen molar-refractivity contribution in [3.8, 4) is 11.4 Å². The van der Waals surface area contributed by atoms with Crippen LogP contribution in [0.4, 0.5) is 4.79 Å². The van der Waals surface area contributed by atoms with Crippen LogP contribution in [0.2, 0.25) is 0 Å². The van der Waals surface area contributed by atoms with Crippen LogP contribution in [0, 0.1) is 0 Å². The van der Waals surface area contributed by atoms with Gasteiger partial charge in [0.15, 0.2) is 5.82 Å². The summed E-state index contributed by atoms with van der Waals surface area (Å²) >= 11 is 3.32. The first-order valence-corrected chi connectivity index (χ1v) is 10.8. The van der Waals surface area contributed by atoms with Crippen molar-refractivity contribution >= 4 is 28.3 Å². The molecule has 1 aromatic heterocycles. The summed E-state index contributed by atoms with van der Waals surface area (Å²) in [6.07, 6.45) is 3.66. The van der Waals surface area contributed by atoms with Crippen molar-refractivity contribution in [3.63, 3.8) is 0 Å². The number of hydrogen-bond donors (Lipinski definition) is 1. The van der Waals surface area contributed by atoms with Gasteiger partial charge in [-0.1, -0.05) is 24.3 Å². The fourth-order valence-electron chi connectivity index (χ4n) is 2.69. The van der Waals surface area contributed by atoms with Gasteiger partial charge in [-0.05, 0) is 63.0 Å². The molecule has 1 heterocycles. The van der Waals surface area contributed by atoms with Crippen molar-refractivity contribution in [2.75, 3.05) is 6.61 Å². The number of rotatable bonds is 7. The maximum absolute atomic E-state index is 12.4. The van der Waals surface area contributed by atoms with Crippen molar-refractivity contribution in [2.45, 2.75) is 64.7 Å². The number of hydrogen-bond acceptors (Lipinski definition) is 6. The number of aldehydes is 1. The largest absolute Gasteiger partial charge is 0.444 e. The Hall–Kier alpha value is -2.32. The molecule has 0 unspecified atom stereocenters. The Kier molecular flexibility index (Phi) is 7.94. The van der Waals surface area contributed by atoms with Gasteiger partial charge in [0.25, 0.3) is 0 Å². The lowest BCUT2D eigenvalue weighted by molar-refractivity contribution is -0.119. The van der Waals surface area contributed by atoms with E-state index in [2.05, 4.69) is 31.2 Å². The van der Waals surface area contributed by atoms with Gasteiger partial charge in [-0.3, -0.25) is 0 Å². The summed E-state index contributed by atoms with van der Waals surface area (Å²) in [4.78, 5) is 33.2. The van der Waals surface area contributed by atoms with Crippen molar-refractivity contribution in [1.82, 2.24) is 15.3 Å². The zero-order valence-corrected chi connectivity index (χ0v) is 20.4. The maximum atomic E-state index is 12.4. The Morgan fingerprint density at radius 3 is 2.10 bits per heavy atom. The number of aromatic nitrogens is 2. The van der Waals surface area contributed by atoms with Gasteiger partial charge in [0, 0.05) is 24.4 Å². The molecule has 0 bridgehead atoms. The number of ether oxygens (including phenoxy) is 2. The molecular weight excluding hydrogens is 462 g/mol. The van der Waals surface area contributed by atoms with Crippen LogP contribution in [0.1, 0.15) is 47.1 Å². The van der Waals surface area contributed by atoms with Crippen LogP contribution >= 0.6 is 15.9 Å². The molecule has 0 radical (unpaired) electrons. The molecule has 1 aromatic carbocycles. The van der Waals surface area contributed by atoms with E-state index in [0.717, 1.165) is 15.6 Å². The van der Waals surface area contributed by atoms with Gasteiger partial charge < -0.3 is 19.6 Å². The number of carbonyl (C=O) groups is 2. The summed E-state index contributed by atoms with van der Waals surface area (Å²) in [5, 5.41) is 2.73. The van der Waals surface area contributed by atoms with E-state index in [1.165, 1.54) is 0 Å². The number of alkyl carbamates (subject to hydrolysis) is 1. The molecule has 0 fully saturated rings. The second-order valence-electron chi connectivity index (χ2n) is 9.40. The third kappa shape index (κ3) is 8.38. The molecular formula is C23H30BrN3O4. The fourth-order valence-corrected chi connectivity index (χ4v) is 2.89. The van der Waals surface area contributed by atoms with Gasteiger partial charge >= 0.3 is 6.09 Å². The second kappa shape index (κ2) is 9.87. The lowest BCUT2D eigenvalue weighted by Crippen LogP contribution is -2.56. The molecule has 0 aliphatic carbocycles. The molecule has 2 rings (SSSR count). The van der Waals surface area contributed by atoms with Crippen molar-refractivity contribution < 1.29 is 19.1 Å². The lowest BCUT2D eigenvalue weighted by atomic mass is 9.92. The predicted molar refractivity (Wildman–Crippen MR) is 123 cm³/mol. The van der Waals surface area contributed by atoms with E-state index < -0.39 is 22.8 Å². The molecule has 31 heavy (non-hydrogen) atoms. The van der Waals surface area contributed by atoms with E-state index in [-0.39, 0.29) is 13.0 Å². The molecule has 0 aliphatic heterocycles. The Balaban J connectivity index is 2.25. The van der Waals surface area contributed by atoms with E-state index in [1.54, 1.807) is 33.2 Å². The minimum absolute atomic E-state index is 0.0107. The first kappa shape index (κ1) is 24.9. The Morgan fingerprint density at radius 1 is 1.03 bits per heavy atom. The zero-order chi connectivity index (χ0) is 23.3. The number of benzene rings is 1. The second-order valence-corrected chi connectivity index (χ2v) is 10.3. The molecule has 0 spiro atoms. The van der Waals surface area contributed by atoms with Crippen molar-refractivity contribution in [2.24, 2.45) is 0 Å². The topological polar surface area (TPSA) is 90.4 Å². The quantitative estimate of drug-likeness (QED) is 0.563. The van der Waals surface area contributed by atoms with Gasteiger partial charge in [0.1, 0.15) is 17.4 Å². The third-order valence-electron chi connectivity index (χ3n) is 4.09. The van der Waals surface area contributed by atoms with E-state index in [9.17, 15) is 9.59 Å². The standard InChI is InChI=1S/C23H30BrN3O4/c1-21(2,3)30-15-23(14-28,27-20(29)31-22(4,5)6)11-16-7-9-17(10-8-16)19-25-12-18(24)13-26-19/h7-10,12-14H,11,15H2,1-6H3,(H,27,29)/t23-/m0/s1. The number of nitrogens with zero attached hydrogens (tertiary/aromatic N) is 2. The zero-order valence-electron chi connectivity index (χ0n) is 18.9. The Morgan fingerprint density at radius 2 is 1.61 bits per heavy atom. The summed E-state index contributed by atoms with van der Waals surface area (Å²) in [6, 6.07) is 7.53. The minimum Gasteiger partial charge on any atom is -0.444 e. The summed E-state index contributed by atoms with van der Waals surface area (Å²) in [5.41, 5.74) is -0.742. The molecule has 8 heteroatoms. The highest BCUT2D eigenvalue weighted by Gasteiger charge is 2.36. The van der Waals surface area contributed by atoms with E-state index in [4.69, 9.17) is 9.47 Å². The van der Waals surface area contributed by atoms with Gasteiger partial charge in [-0.2, -0.15) is 0 Å². The summed E-state index contributed by atoms with van der Waals surface area (Å²) in [7, 11) is 0. The predicted octanol–water partition coefficient (Wildman–Crippen LogP) is 4.73. The minimum atomic E-state index is -1.27. The van der Waals surface area contributed by atoms with Gasteiger partial charge in [0.2, 0.25) is 0 Å². The Labute approximate surface area is 192 Å². The molecule has 0 saturated heterocycles. The van der Waals surface area contributed by atoms with Crippen molar-refractivity contribution in [1.29, 1.82) is 0 Å². The van der Waals surface area contributed by atoms with Gasteiger partial charge in [-0.25, -0.2) is 14.8 Å². The molecule has 2 aromatic rings. The Bertz CT molecular complexity index is 887. The monoisotopic (exact) mass is 491 g/mol. The highest BCUT2D eigenvalue weighted by Crippen LogP contribution is 2.21. The van der Waals surface area contributed by atoms with Crippen LogP contribution in [0.15, 0.2) is 41.1 Å². The summed E-state index contributed by atoms with van der Waals surface area (Å²) < 4.78 is 12.0. The first-order valence-electron chi connectivity index (χ1n) is 9.99. The van der Waals surface area contributed by atoms with E-state index in [1.807, 2.05) is 45.0 Å². The summed E-state index contributed by atoms with van der Waals surface area (Å²) in [6.45, 7) is 11.0. The van der Waals surface area contributed by atoms with Crippen LogP contribution in [0.3, 0.4) is 0 Å². The SMILES string of the molecule is CC(C)(C)OC[C@@](C=O)(Cc1ccc(-c2ncc(Br)cn2)cc1)NC(=O)OC(C)(C)C. The number of halogens is 1. The van der Waals surface area contributed by atoms with Crippen LogP contribution in [0.5, 0.6) is 0 Å². The molecule has 7 nitrogen and oxygen atoms in total. The van der Waals surface area contributed by atoms with Crippen LogP contribution in [-0.2, 0) is 20.7 Å². The third-order valence-corrected chi connectivity index (χ3v) is 4.50. The van der Waals surface area contributed by atoms with Crippen LogP contribution < -0.4 is 5.32 Å². The van der Waals surface area contributed by atoms with Gasteiger partial charge in [-0.15, -0.1) is 0 Å². The molecule has 1 atom stereocenters. The number of nitrogens with one attached hydrogen (secondary N) is 1. The molecule has 0 aliphatic rings. The number of carbonyl (C=O) groups excluding carboxylic acids is 2.